The van der Waals surface area contributed by atoms with Crippen LogP contribution < -0.4 is 0 Å². The maximum absolute atomic E-state index is 12.5. The fraction of sp³-hybridized carbons (Fsp3) is 0.375. The molecule has 0 radical (unpaired) electrons. The van der Waals surface area contributed by atoms with Crippen LogP contribution in [0.4, 0.5) is 0 Å². The minimum atomic E-state index is -0.919. The number of carbonyl (C=O) groups is 2. The largest absolute Gasteiger partial charge is 0.481 e. The van der Waals surface area contributed by atoms with Crippen molar-refractivity contribution < 1.29 is 19.4 Å². The third-order valence-corrected chi connectivity index (χ3v) is 4.20. The van der Waals surface area contributed by atoms with Gasteiger partial charge >= 0.3 is 5.97 Å². The summed E-state index contributed by atoms with van der Waals surface area (Å²) in [6.07, 6.45) is 1.55. The molecule has 2 heterocycles. The van der Waals surface area contributed by atoms with E-state index >= 15 is 0 Å². The molecule has 0 spiro atoms. The third kappa shape index (κ3) is 3.65. The predicted molar refractivity (Wildman–Crippen MR) is 85.6 cm³/mol. The molecule has 1 fully saturated rings. The van der Waals surface area contributed by atoms with E-state index in [-0.39, 0.29) is 18.7 Å². The van der Waals surface area contributed by atoms with Gasteiger partial charge in [-0.15, -0.1) is 0 Å². The normalized spacial score (nSPS) is 18.3. The van der Waals surface area contributed by atoms with E-state index < -0.39 is 12.1 Å². The number of amides is 1. The summed E-state index contributed by atoms with van der Waals surface area (Å²) in [4.78, 5) is 28.1. The first-order valence-corrected chi connectivity index (χ1v) is 7.77. The number of halogens is 1. The van der Waals surface area contributed by atoms with Gasteiger partial charge in [-0.1, -0.05) is 17.7 Å². The van der Waals surface area contributed by atoms with Crippen molar-refractivity contribution in [1.82, 2.24) is 9.88 Å². The molecule has 0 saturated carbocycles. The number of fused-ring (bicyclic) bond motifs is 1. The summed E-state index contributed by atoms with van der Waals surface area (Å²) >= 11 is 5.96. The van der Waals surface area contributed by atoms with E-state index in [4.69, 9.17) is 21.4 Å². The van der Waals surface area contributed by atoms with Crippen molar-refractivity contribution in [3.63, 3.8) is 0 Å². The quantitative estimate of drug-likeness (QED) is 0.895. The van der Waals surface area contributed by atoms with Gasteiger partial charge in [0.05, 0.1) is 25.6 Å². The average Bonchev–Trinajstić information content (AvgIpc) is 2.89. The van der Waals surface area contributed by atoms with Gasteiger partial charge in [-0.2, -0.15) is 0 Å². The van der Waals surface area contributed by atoms with Gasteiger partial charge in [0.25, 0.3) is 0 Å². The Kier molecular flexibility index (Phi) is 4.54. The highest BCUT2D eigenvalue weighted by Crippen LogP contribution is 2.23. The van der Waals surface area contributed by atoms with E-state index in [2.05, 4.69) is 4.98 Å². The SMILES string of the molecule is O=C(O)C[C@H]1CN(C(=O)Cc2c[nH]c3cc(Cl)ccc23)CCO1. The number of carboxylic acid groups (broad SMARTS) is 1. The highest BCUT2D eigenvalue weighted by atomic mass is 35.5. The van der Waals surface area contributed by atoms with Gasteiger partial charge in [0.1, 0.15) is 0 Å². The maximum atomic E-state index is 12.5. The summed E-state index contributed by atoms with van der Waals surface area (Å²) in [5, 5.41) is 10.5. The Morgan fingerprint density at radius 2 is 2.26 bits per heavy atom. The minimum Gasteiger partial charge on any atom is -0.481 e. The molecule has 3 rings (SSSR count). The van der Waals surface area contributed by atoms with Crippen LogP contribution in [0.25, 0.3) is 10.9 Å². The summed E-state index contributed by atoms with van der Waals surface area (Å²) in [5.41, 5.74) is 1.80. The first-order chi connectivity index (χ1) is 11.0. The second-order valence-electron chi connectivity index (χ2n) is 5.61. The lowest BCUT2D eigenvalue weighted by molar-refractivity contribution is -0.147. The number of aromatic amines is 1. The summed E-state index contributed by atoms with van der Waals surface area (Å²) in [7, 11) is 0. The van der Waals surface area contributed by atoms with Gasteiger partial charge in [0.2, 0.25) is 5.91 Å². The van der Waals surface area contributed by atoms with Crippen molar-refractivity contribution in [2.45, 2.75) is 18.9 Å². The van der Waals surface area contributed by atoms with E-state index in [9.17, 15) is 9.59 Å². The Balaban J connectivity index is 1.69. The number of hydrogen-bond donors (Lipinski definition) is 2. The number of benzene rings is 1. The molecule has 0 bridgehead atoms. The van der Waals surface area contributed by atoms with Gasteiger partial charge in [0.15, 0.2) is 0 Å². The Labute approximate surface area is 138 Å². The van der Waals surface area contributed by atoms with E-state index in [1.165, 1.54) is 0 Å². The molecular formula is C16H17ClN2O4. The maximum Gasteiger partial charge on any atom is 0.306 e. The summed E-state index contributed by atoms with van der Waals surface area (Å²) in [6.45, 7) is 1.18. The number of aromatic nitrogens is 1. The van der Waals surface area contributed by atoms with Crippen LogP contribution in [0, 0.1) is 0 Å². The minimum absolute atomic E-state index is 0.0282. The molecule has 1 amide bonds. The van der Waals surface area contributed by atoms with Crippen LogP contribution in [-0.4, -0.2) is 52.7 Å². The molecule has 1 aliphatic rings. The zero-order valence-corrected chi connectivity index (χ0v) is 13.2. The molecule has 6 nitrogen and oxygen atoms in total. The van der Waals surface area contributed by atoms with Crippen molar-refractivity contribution in [3.8, 4) is 0 Å². The molecular weight excluding hydrogens is 320 g/mol. The van der Waals surface area contributed by atoms with Gasteiger partial charge in [-0.05, 0) is 17.7 Å². The van der Waals surface area contributed by atoms with Crippen molar-refractivity contribution in [1.29, 1.82) is 0 Å². The van der Waals surface area contributed by atoms with Crippen LogP contribution in [0.2, 0.25) is 5.02 Å². The number of aliphatic carboxylic acids is 1. The molecule has 0 aliphatic carbocycles. The molecule has 1 aliphatic heterocycles. The number of nitrogens with zero attached hydrogens (tertiary/aromatic N) is 1. The Bertz CT molecular complexity index is 743. The average molecular weight is 337 g/mol. The highest BCUT2D eigenvalue weighted by Gasteiger charge is 2.26. The number of carboxylic acids is 1. The van der Waals surface area contributed by atoms with Crippen LogP contribution in [0.1, 0.15) is 12.0 Å². The monoisotopic (exact) mass is 336 g/mol. The molecule has 1 aromatic carbocycles. The molecule has 0 unspecified atom stereocenters. The van der Waals surface area contributed by atoms with Gasteiger partial charge < -0.3 is 19.7 Å². The zero-order valence-electron chi connectivity index (χ0n) is 12.4. The van der Waals surface area contributed by atoms with Crippen LogP contribution in [0.5, 0.6) is 0 Å². The number of H-pyrrole nitrogens is 1. The number of rotatable bonds is 4. The second-order valence-corrected chi connectivity index (χ2v) is 6.05. The van der Waals surface area contributed by atoms with Crippen molar-refractivity contribution >= 4 is 34.4 Å². The lowest BCUT2D eigenvalue weighted by Gasteiger charge is -2.32. The van der Waals surface area contributed by atoms with Crippen molar-refractivity contribution in [2.75, 3.05) is 19.7 Å². The number of carbonyl (C=O) groups excluding carboxylic acids is 1. The van der Waals surface area contributed by atoms with Crippen molar-refractivity contribution in [2.24, 2.45) is 0 Å². The molecule has 1 aromatic heterocycles. The Morgan fingerprint density at radius 3 is 3.04 bits per heavy atom. The second kappa shape index (κ2) is 6.60. The number of morpholine rings is 1. The lowest BCUT2D eigenvalue weighted by atomic mass is 10.1. The van der Waals surface area contributed by atoms with E-state index in [0.29, 0.717) is 24.7 Å². The van der Waals surface area contributed by atoms with Gasteiger partial charge in [-0.3, -0.25) is 9.59 Å². The molecule has 2 aromatic rings. The number of nitrogens with one attached hydrogen (secondary N) is 1. The molecule has 122 valence electrons. The molecule has 1 saturated heterocycles. The number of hydrogen-bond acceptors (Lipinski definition) is 3. The van der Waals surface area contributed by atoms with Crippen molar-refractivity contribution in [3.05, 3.63) is 35.0 Å². The van der Waals surface area contributed by atoms with E-state index in [0.717, 1.165) is 16.5 Å². The summed E-state index contributed by atoms with van der Waals surface area (Å²) < 4.78 is 5.39. The van der Waals surface area contributed by atoms with E-state index in [1.54, 1.807) is 11.0 Å². The summed E-state index contributed by atoms with van der Waals surface area (Å²) in [5.74, 6) is -0.947. The molecule has 1 atom stereocenters. The van der Waals surface area contributed by atoms with Crippen LogP contribution in [-0.2, 0) is 20.7 Å². The standard InChI is InChI=1S/C16H17ClN2O4/c17-11-1-2-13-10(8-18-14(13)6-11)5-15(20)19-3-4-23-12(9-19)7-16(21)22/h1-2,6,8,12,18H,3-5,7,9H2,(H,21,22)/t12-/m0/s1. The van der Waals surface area contributed by atoms with E-state index in [1.807, 2.05) is 18.3 Å². The van der Waals surface area contributed by atoms with Gasteiger partial charge in [-0.25, -0.2) is 0 Å². The predicted octanol–water partition coefficient (Wildman–Crippen LogP) is 2.07. The smallest absolute Gasteiger partial charge is 0.306 e. The highest BCUT2D eigenvalue weighted by molar-refractivity contribution is 6.31. The van der Waals surface area contributed by atoms with Crippen LogP contribution >= 0.6 is 11.6 Å². The lowest BCUT2D eigenvalue weighted by Crippen LogP contribution is -2.46. The van der Waals surface area contributed by atoms with Gasteiger partial charge in [0, 0.05) is 35.2 Å². The third-order valence-electron chi connectivity index (χ3n) is 3.96. The Morgan fingerprint density at radius 1 is 1.43 bits per heavy atom. The first-order valence-electron chi connectivity index (χ1n) is 7.39. The number of ether oxygens (including phenoxy) is 1. The molecule has 23 heavy (non-hydrogen) atoms. The van der Waals surface area contributed by atoms with Crippen LogP contribution in [0.3, 0.4) is 0 Å². The fourth-order valence-corrected chi connectivity index (χ4v) is 3.02. The fourth-order valence-electron chi connectivity index (χ4n) is 2.84. The van der Waals surface area contributed by atoms with Crippen LogP contribution in [0.15, 0.2) is 24.4 Å². The zero-order chi connectivity index (χ0) is 16.4. The Hall–Kier alpha value is -2.05. The first kappa shape index (κ1) is 15.8. The summed E-state index contributed by atoms with van der Waals surface area (Å²) in [6, 6.07) is 5.51. The molecule has 7 heteroatoms. The molecule has 2 N–H and O–H groups in total. The topological polar surface area (TPSA) is 82.6 Å².